The van der Waals surface area contributed by atoms with E-state index < -0.39 is 0 Å². The third-order valence-corrected chi connectivity index (χ3v) is 4.40. The van der Waals surface area contributed by atoms with E-state index in [-0.39, 0.29) is 12.0 Å². The van der Waals surface area contributed by atoms with Gasteiger partial charge in [0.15, 0.2) is 5.13 Å². The van der Waals surface area contributed by atoms with E-state index in [1.165, 1.54) is 17.5 Å². The highest BCUT2D eigenvalue weighted by molar-refractivity contribution is 9.10. The molecule has 128 valence electrons. The first kappa shape index (κ1) is 17.6. The van der Waals surface area contributed by atoms with Gasteiger partial charge in [-0.3, -0.25) is 15.1 Å². The maximum Gasteiger partial charge on any atom is 0.259 e. The summed E-state index contributed by atoms with van der Waals surface area (Å²) in [5, 5.41) is 5.25. The Hall–Kier alpha value is -2.25. The lowest BCUT2D eigenvalue weighted by Gasteiger charge is -2.09. The first-order valence-electron chi connectivity index (χ1n) is 7.66. The van der Waals surface area contributed by atoms with Crippen molar-refractivity contribution < 1.29 is 9.53 Å². The topological polar surface area (TPSA) is 64.1 Å². The van der Waals surface area contributed by atoms with Crippen molar-refractivity contribution in [3.63, 3.8) is 0 Å². The van der Waals surface area contributed by atoms with Crippen molar-refractivity contribution in [2.75, 3.05) is 5.32 Å². The number of hydrogen-bond acceptors (Lipinski definition) is 5. The Morgan fingerprint density at radius 1 is 1.24 bits per heavy atom. The minimum atomic E-state index is -0.240. The molecular formula is C18H16BrN3O2S. The van der Waals surface area contributed by atoms with Crippen LogP contribution in [0.5, 0.6) is 5.75 Å². The number of aromatic nitrogens is 2. The molecule has 3 aromatic rings. The summed E-state index contributed by atoms with van der Waals surface area (Å²) >= 11 is 4.69. The molecule has 0 aliphatic rings. The second kappa shape index (κ2) is 7.76. The maximum absolute atomic E-state index is 12.2. The molecule has 0 fully saturated rings. The number of carbonyl (C=O) groups excluding carboxylic acids is 1. The largest absolute Gasteiger partial charge is 0.491 e. The number of nitrogens with one attached hydrogen (secondary N) is 1. The third kappa shape index (κ3) is 4.64. The van der Waals surface area contributed by atoms with E-state index >= 15 is 0 Å². The molecule has 0 unspecified atom stereocenters. The Morgan fingerprint density at radius 3 is 2.68 bits per heavy atom. The summed E-state index contributed by atoms with van der Waals surface area (Å²) < 4.78 is 6.39. The number of nitrogens with zero attached hydrogens (tertiary/aromatic N) is 2. The minimum Gasteiger partial charge on any atom is -0.491 e. The summed E-state index contributed by atoms with van der Waals surface area (Å²) in [6.45, 7) is 3.98. The SMILES string of the molecule is CC(C)Oc1ccc(-c2csc(NC(=O)c3cncc(Br)c3)n2)cc1. The fraction of sp³-hybridized carbons (Fsp3) is 0.167. The van der Waals surface area contributed by atoms with Crippen LogP contribution in [0, 0.1) is 0 Å². The number of thiazole rings is 1. The van der Waals surface area contributed by atoms with Crippen LogP contribution < -0.4 is 10.1 Å². The number of benzene rings is 1. The normalized spacial score (nSPS) is 10.7. The van der Waals surface area contributed by atoms with E-state index in [1.807, 2.05) is 43.5 Å². The molecule has 2 heterocycles. The molecule has 0 spiro atoms. The molecule has 1 amide bonds. The summed E-state index contributed by atoms with van der Waals surface area (Å²) in [6, 6.07) is 9.46. The van der Waals surface area contributed by atoms with Gasteiger partial charge in [-0.25, -0.2) is 4.98 Å². The lowest BCUT2D eigenvalue weighted by Crippen LogP contribution is -2.11. The van der Waals surface area contributed by atoms with E-state index in [9.17, 15) is 4.79 Å². The minimum absolute atomic E-state index is 0.138. The van der Waals surface area contributed by atoms with Gasteiger partial charge in [0, 0.05) is 27.8 Å². The summed E-state index contributed by atoms with van der Waals surface area (Å²) in [4.78, 5) is 20.7. The second-order valence-corrected chi connectivity index (χ2v) is 7.35. The lowest BCUT2D eigenvalue weighted by molar-refractivity contribution is 0.102. The van der Waals surface area contributed by atoms with E-state index in [1.54, 1.807) is 12.3 Å². The highest BCUT2D eigenvalue weighted by Gasteiger charge is 2.11. The average Bonchev–Trinajstić information content (AvgIpc) is 3.03. The van der Waals surface area contributed by atoms with Gasteiger partial charge in [0.05, 0.1) is 17.4 Å². The molecule has 7 heteroatoms. The van der Waals surface area contributed by atoms with Gasteiger partial charge in [-0.2, -0.15) is 0 Å². The number of pyridine rings is 1. The van der Waals surface area contributed by atoms with Crippen LogP contribution in [0.2, 0.25) is 0 Å². The molecule has 0 aliphatic carbocycles. The molecule has 1 aromatic carbocycles. The molecule has 0 saturated heterocycles. The van der Waals surface area contributed by atoms with Crippen molar-refractivity contribution in [1.82, 2.24) is 9.97 Å². The predicted octanol–water partition coefficient (Wildman–Crippen LogP) is 5.01. The fourth-order valence-electron chi connectivity index (χ4n) is 2.15. The molecule has 0 saturated carbocycles. The van der Waals surface area contributed by atoms with Crippen molar-refractivity contribution in [3.8, 4) is 17.0 Å². The Kier molecular flexibility index (Phi) is 5.45. The van der Waals surface area contributed by atoms with Crippen molar-refractivity contribution in [2.24, 2.45) is 0 Å². The van der Waals surface area contributed by atoms with Gasteiger partial charge in [0.2, 0.25) is 0 Å². The van der Waals surface area contributed by atoms with Gasteiger partial charge in [-0.05, 0) is 60.1 Å². The number of halogens is 1. The van der Waals surface area contributed by atoms with Crippen molar-refractivity contribution in [1.29, 1.82) is 0 Å². The second-order valence-electron chi connectivity index (χ2n) is 5.57. The van der Waals surface area contributed by atoms with Crippen LogP contribution in [-0.4, -0.2) is 22.0 Å². The summed E-state index contributed by atoms with van der Waals surface area (Å²) in [6.07, 6.45) is 3.28. The maximum atomic E-state index is 12.2. The number of hydrogen-bond donors (Lipinski definition) is 1. The summed E-state index contributed by atoms with van der Waals surface area (Å²) in [5.74, 6) is 0.583. The number of carbonyl (C=O) groups is 1. The lowest BCUT2D eigenvalue weighted by atomic mass is 10.2. The van der Waals surface area contributed by atoms with Gasteiger partial charge in [-0.1, -0.05) is 0 Å². The fourth-order valence-corrected chi connectivity index (χ4v) is 3.23. The summed E-state index contributed by atoms with van der Waals surface area (Å²) in [7, 11) is 0. The van der Waals surface area contributed by atoms with Crippen LogP contribution in [0.15, 0.2) is 52.6 Å². The zero-order valence-electron chi connectivity index (χ0n) is 13.7. The number of amides is 1. The zero-order valence-corrected chi connectivity index (χ0v) is 16.1. The highest BCUT2D eigenvalue weighted by atomic mass is 79.9. The Balaban J connectivity index is 1.71. The van der Waals surface area contributed by atoms with Crippen molar-refractivity contribution in [3.05, 3.63) is 58.1 Å². The first-order chi connectivity index (χ1) is 12.0. The van der Waals surface area contributed by atoms with Crippen LogP contribution in [0.25, 0.3) is 11.3 Å². The Morgan fingerprint density at radius 2 is 2.00 bits per heavy atom. The van der Waals surface area contributed by atoms with Gasteiger partial charge >= 0.3 is 0 Å². The van der Waals surface area contributed by atoms with Crippen molar-refractivity contribution >= 4 is 38.3 Å². The first-order valence-corrected chi connectivity index (χ1v) is 9.33. The monoisotopic (exact) mass is 417 g/mol. The number of rotatable bonds is 5. The van der Waals surface area contributed by atoms with Crippen LogP contribution in [0.1, 0.15) is 24.2 Å². The van der Waals surface area contributed by atoms with E-state index in [4.69, 9.17) is 4.74 Å². The Labute approximate surface area is 158 Å². The molecule has 1 N–H and O–H groups in total. The molecule has 0 atom stereocenters. The third-order valence-electron chi connectivity index (χ3n) is 3.21. The molecule has 3 rings (SSSR count). The molecule has 25 heavy (non-hydrogen) atoms. The molecule has 5 nitrogen and oxygen atoms in total. The average molecular weight is 418 g/mol. The summed E-state index contributed by atoms with van der Waals surface area (Å²) in [5.41, 5.74) is 2.25. The molecule has 2 aromatic heterocycles. The van der Waals surface area contributed by atoms with Crippen LogP contribution in [-0.2, 0) is 0 Å². The van der Waals surface area contributed by atoms with Crippen LogP contribution in [0.4, 0.5) is 5.13 Å². The van der Waals surface area contributed by atoms with Crippen LogP contribution >= 0.6 is 27.3 Å². The van der Waals surface area contributed by atoms with Gasteiger partial charge in [-0.15, -0.1) is 11.3 Å². The number of anilines is 1. The van der Waals surface area contributed by atoms with E-state index in [2.05, 4.69) is 31.2 Å². The van der Waals surface area contributed by atoms with Crippen molar-refractivity contribution in [2.45, 2.75) is 20.0 Å². The standard InChI is InChI=1S/C18H16BrN3O2S/c1-11(2)24-15-5-3-12(4-6-15)16-10-25-18(21-16)22-17(23)13-7-14(19)9-20-8-13/h3-11H,1-2H3,(H,21,22,23). The molecular weight excluding hydrogens is 402 g/mol. The number of ether oxygens (including phenoxy) is 1. The van der Waals surface area contributed by atoms with Gasteiger partial charge in [0.1, 0.15) is 5.75 Å². The van der Waals surface area contributed by atoms with E-state index in [0.29, 0.717) is 10.7 Å². The quantitative estimate of drug-likeness (QED) is 0.633. The molecule has 0 bridgehead atoms. The Bertz CT molecular complexity index is 878. The molecule has 0 aliphatic heterocycles. The van der Waals surface area contributed by atoms with Gasteiger partial charge < -0.3 is 4.74 Å². The highest BCUT2D eigenvalue weighted by Crippen LogP contribution is 2.27. The van der Waals surface area contributed by atoms with Crippen LogP contribution in [0.3, 0.4) is 0 Å². The predicted molar refractivity (Wildman–Crippen MR) is 103 cm³/mol. The molecule has 0 radical (unpaired) electrons. The van der Waals surface area contributed by atoms with Gasteiger partial charge in [0.25, 0.3) is 5.91 Å². The zero-order chi connectivity index (χ0) is 17.8. The van der Waals surface area contributed by atoms with E-state index in [0.717, 1.165) is 21.5 Å². The smallest absolute Gasteiger partial charge is 0.259 e.